The number of halogens is 1. The van der Waals surface area contributed by atoms with Crippen LogP contribution in [0.3, 0.4) is 0 Å². The molecule has 0 amide bonds. The molecule has 3 rings (SSSR count). The maximum absolute atomic E-state index is 12.9. The Morgan fingerprint density at radius 2 is 1.64 bits per heavy atom. The molecule has 7 heteroatoms. The molecule has 25 heavy (non-hydrogen) atoms. The zero-order valence-electron chi connectivity index (χ0n) is 14.3. The molecular formula is C18H21ClN2O3S. The van der Waals surface area contributed by atoms with Gasteiger partial charge in [0.05, 0.1) is 12.0 Å². The number of rotatable bonds is 4. The van der Waals surface area contributed by atoms with Crippen LogP contribution in [0.15, 0.2) is 47.4 Å². The Labute approximate surface area is 153 Å². The molecule has 0 aromatic heterocycles. The molecule has 1 saturated heterocycles. The fourth-order valence-electron chi connectivity index (χ4n) is 3.02. The van der Waals surface area contributed by atoms with Crippen molar-refractivity contribution < 1.29 is 13.2 Å². The molecule has 0 unspecified atom stereocenters. The van der Waals surface area contributed by atoms with Gasteiger partial charge in [-0.1, -0.05) is 11.6 Å². The van der Waals surface area contributed by atoms with Crippen molar-refractivity contribution in [1.29, 1.82) is 0 Å². The zero-order chi connectivity index (χ0) is 18.0. The van der Waals surface area contributed by atoms with Crippen molar-refractivity contribution in [2.45, 2.75) is 11.8 Å². The first kappa shape index (κ1) is 18.0. The van der Waals surface area contributed by atoms with E-state index in [4.69, 9.17) is 16.3 Å². The van der Waals surface area contributed by atoms with E-state index in [0.29, 0.717) is 47.4 Å². The van der Waals surface area contributed by atoms with Crippen LogP contribution >= 0.6 is 11.6 Å². The molecule has 1 aliphatic heterocycles. The lowest BCUT2D eigenvalue weighted by Gasteiger charge is -2.35. The normalized spacial score (nSPS) is 16.0. The Bertz CT molecular complexity index is 845. The van der Waals surface area contributed by atoms with E-state index < -0.39 is 10.0 Å². The second-order valence-electron chi connectivity index (χ2n) is 6.00. The molecule has 0 bridgehead atoms. The number of ether oxygens (including phenoxy) is 1. The quantitative estimate of drug-likeness (QED) is 0.817. The summed E-state index contributed by atoms with van der Waals surface area (Å²) in [5.41, 5.74) is 1.75. The molecule has 0 spiro atoms. The number of hydrogen-bond donors (Lipinski definition) is 0. The van der Waals surface area contributed by atoms with Gasteiger partial charge in [0.2, 0.25) is 10.0 Å². The van der Waals surface area contributed by atoms with E-state index >= 15 is 0 Å². The summed E-state index contributed by atoms with van der Waals surface area (Å²) in [5.74, 6) is 0.656. The first-order valence-corrected chi connectivity index (χ1v) is 9.89. The Morgan fingerprint density at radius 1 is 1.00 bits per heavy atom. The van der Waals surface area contributed by atoms with Gasteiger partial charge in [0, 0.05) is 36.9 Å². The number of aryl methyl sites for hydroxylation is 1. The van der Waals surface area contributed by atoms with Gasteiger partial charge in [-0.2, -0.15) is 4.31 Å². The Hall–Kier alpha value is -1.76. The van der Waals surface area contributed by atoms with Crippen molar-refractivity contribution in [3.8, 4) is 5.75 Å². The largest absolute Gasteiger partial charge is 0.497 e. The highest BCUT2D eigenvalue weighted by atomic mass is 35.5. The van der Waals surface area contributed by atoms with Crippen LogP contribution in [-0.2, 0) is 10.0 Å². The monoisotopic (exact) mass is 380 g/mol. The number of benzene rings is 2. The van der Waals surface area contributed by atoms with Crippen molar-refractivity contribution in [3.63, 3.8) is 0 Å². The van der Waals surface area contributed by atoms with E-state index in [9.17, 15) is 8.42 Å². The summed E-state index contributed by atoms with van der Waals surface area (Å²) >= 11 is 5.92. The van der Waals surface area contributed by atoms with E-state index in [1.54, 1.807) is 36.5 Å². The van der Waals surface area contributed by atoms with Gasteiger partial charge in [0.25, 0.3) is 0 Å². The fourth-order valence-corrected chi connectivity index (χ4v) is 4.77. The average molecular weight is 381 g/mol. The van der Waals surface area contributed by atoms with E-state index in [2.05, 4.69) is 4.90 Å². The maximum atomic E-state index is 12.9. The van der Waals surface area contributed by atoms with Crippen LogP contribution in [0.1, 0.15) is 5.56 Å². The third-order valence-corrected chi connectivity index (χ3v) is 6.74. The van der Waals surface area contributed by atoms with Crippen molar-refractivity contribution in [1.82, 2.24) is 4.31 Å². The van der Waals surface area contributed by atoms with Crippen molar-refractivity contribution in [2.24, 2.45) is 0 Å². The second-order valence-corrected chi connectivity index (χ2v) is 8.34. The van der Waals surface area contributed by atoms with Gasteiger partial charge < -0.3 is 9.64 Å². The second kappa shape index (κ2) is 7.23. The summed E-state index contributed by atoms with van der Waals surface area (Å²) in [4.78, 5) is 2.51. The van der Waals surface area contributed by atoms with Gasteiger partial charge in [0.1, 0.15) is 5.75 Å². The summed E-state index contributed by atoms with van der Waals surface area (Å²) in [6.07, 6.45) is 0. The van der Waals surface area contributed by atoms with Gasteiger partial charge >= 0.3 is 0 Å². The lowest BCUT2D eigenvalue weighted by molar-refractivity contribution is 0.384. The van der Waals surface area contributed by atoms with Gasteiger partial charge in [0.15, 0.2) is 0 Å². The third-order valence-electron chi connectivity index (χ3n) is 4.43. The molecule has 5 nitrogen and oxygen atoms in total. The standard InChI is InChI=1S/C18H21ClN2O3S/c1-14-13-17(24-2)7-8-18(14)25(22,23)21-11-9-20(10-12-21)16-5-3-15(19)4-6-16/h3-8,13H,9-12H2,1-2H3. The number of piperazine rings is 1. The Kier molecular flexibility index (Phi) is 5.22. The Balaban J connectivity index is 1.74. The molecule has 1 fully saturated rings. The zero-order valence-corrected chi connectivity index (χ0v) is 15.8. The topological polar surface area (TPSA) is 49.9 Å². The van der Waals surface area contributed by atoms with Gasteiger partial charge in [-0.05, 0) is 55.0 Å². The molecule has 0 aliphatic carbocycles. The predicted molar refractivity (Wildman–Crippen MR) is 100 cm³/mol. The molecule has 0 atom stereocenters. The number of hydrogen-bond acceptors (Lipinski definition) is 4. The molecule has 1 aliphatic rings. The summed E-state index contributed by atoms with van der Waals surface area (Å²) in [6, 6.07) is 12.7. The van der Waals surface area contributed by atoms with Crippen molar-refractivity contribution in [2.75, 3.05) is 38.2 Å². The first-order chi connectivity index (χ1) is 11.9. The predicted octanol–water partition coefficient (Wildman–Crippen LogP) is 3.17. The highest BCUT2D eigenvalue weighted by Crippen LogP contribution is 2.26. The lowest BCUT2D eigenvalue weighted by atomic mass is 10.2. The lowest BCUT2D eigenvalue weighted by Crippen LogP contribution is -2.48. The Morgan fingerprint density at radius 3 is 2.20 bits per heavy atom. The summed E-state index contributed by atoms with van der Waals surface area (Å²) < 4.78 is 32.6. The number of sulfonamides is 1. The summed E-state index contributed by atoms with van der Waals surface area (Å²) in [7, 11) is -1.93. The van der Waals surface area contributed by atoms with E-state index in [-0.39, 0.29) is 0 Å². The number of nitrogens with zero attached hydrogens (tertiary/aromatic N) is 2. The smallest absolute Gasteiger partial charge is 0.243 e. The van der Waals surface area contributed by atoms with Crippen LogP contribution in [-0.4, -0.2) is 46.0 Å². The minimum atomic E-state index is -3.50. The molecule has 134 valence electrons. The van der Waals surface area contributed by atoms with Gasteiger partial charge in [-0.3, -0.25) is 0 Å². The van der Waals surface area contributed by atoms with Gasteiger partial charge in [-0.15, -0.1) is 0 Å². The van der Waals surface area contributed by atoms with Crippen molar-refractivity contribution in [3.05, 3.63) is 53.1 Å². The average Bonchev–Trinajstić information content (AvgIpc) is 2.62. The molecule has 0 radical (unpaired) electrons. The van der Waals surface area contributed by atoms with Gasteiger partial charge in [-0.25, -0.2) is 8.42 Å². The van der Waals surface area contributed by atoms with E-state index in [0.717, 1.165) is 5.69 Å². The van der Waals surface area contributed by atoms with Crippen LogP contribution in [0.5, 0.6) is 5.75 Å². The van der Waals surface area contributed by atoms with Crippen LogP contribution in [0, 0.1) is 6.92 Å². The highest BCUT2D eigenvalue weighted by Gasteiger charge is 2.29. The van der Waals surface area contributed by atoms with Crippen molar-refractivity contribution >= 4 is 27.3 Å². The van der Waals surface area contributed by atoms with Crippen LogP contribution < -0.4 is 9.64 Å². The fraction of sp³-hybridized carbons (Fsp3) is 0.333. The summed E-state index contributed by atoms with van der Waals surface area (Å²) in [6.45, 7) is 4.00. The molecule has 2 aromatic carbocycles. The number of methoxy groups -OCH3 is 1. The van der Waals surface area contributed by atoms with E-state index in [1.165, 1.54) is 0 Å². The highest BCUT2D eigenvalue weighted by molar-refractivity contribution is 7.89. The molecule has 1 heterocycles. The van der Waals surface area contributed by atoms with Crippen LogP contribution in [0.2, 0.25) is 5.02 Å². The van der Waals surface area contributed by atoms with Crippen LogP contribution in [0.25, 0.3) is 0 Å². The summed E-state index contributed by atoms with van der Waals surface area (Å²) in [5, 5.41) is 0.694. The molecular weight excluding hydrogens is 360 g/mol. The molecule has 2 aromatic rings. The molecule has 0 saturated carbocycles. The minimum absolute atomic E-state index is 0.341. The first-order valence-electron chi connectivity index (χ1n) is 8.07. The molecule has 0 N–H and O–H groups in total. The third kappa shape index (κ3) is 3.76. The van der Waals surface area contributed by atoms with E-state index in [1.807, 2.05) is 24.3 Å². The van der Waals surface area contributed by atoms with Crippen LogP contribution in [0.4, 0.5) is 5.69 Å². The maximum Gasteiger partial charge on any atom is 0.243 e. The minimum Gasteiger partial charge on any atom is -0.497 e. The SMILES string of the molecule is COc1ccc(S(=O)(=O)N2CCN(c3ccc(Cl)cc3)CC2)c(C)c1. The number of anilines is 1.